The fraction of sp³-hybridized carbons (Fsp3) is 0.417. The normalized spacial score (nSPS) is 16.1. The summed E-state index contributed by atoms with van der Waals surface area (Å²) in [5.41, 5.74) is 0.694. The molecule has 2 rings (SSSR count). The standard InChI is InChI=1S/C12H14O2/c1-9(13)11-7-2-3-8-12(11)14-10-5-4-6-10/h2-3,7-8,10H,4-6H2,1H3. The Morgan fingerprint density at radius 2 is 2.07 bits per heavy atom. The molecule has 2 heteroatoms. The minimum absolute atomic E-state index is 0.0694. The second-order valence-electron chi connectivity index (χ2n) is 3.72. The molecule has 0 aromatic heterocycles. The zero-order valence-electron chi connectivity index (χ0n) is 8.32. The minimum Gasteiger partial charge on any atom is -0.490 e. The van der Waals surface area contributed by atoms with Gasteiger partial charge in [-0.2, -0.15) is 0 Å². The van der Waals surface area contributed by atoms with Gasteiger partial charge in [0.2, 0.25) is 0 Å². The van der Waals surface area contributed by atoms with E-state index in [1.807, 2.05) is 24.3 Å². The molecule has 0 heterocycles. The first-order valence-corrected chi connectivity index (χ1v) is 5.04. The van der Waals surface area contributed by atoms with Crippen molar-refractivity contribution in [3.63, 3.8) is 0 Å². The summed E-state index contributed by atoms with van der Waals surface area (Å²) in [6.45, 7) is 1.57. The molecule has 1 fully saturated rings. The lowest BCUT2D eigenvalue weighted by Gasteiger charge is -2.27. The zero-order valence-corrected chi connectivity index (χ0v) is 8.32. The maximum absolute atomic E-state index is 11.3. The van der Waals surface area contributed by atoms with Gasteiger partial charge < -0.3 is 4.74 Å². The molecule has 1 aromatic carbocycles. The Bertz CT molecular complexity index is 340. The summed E-state index contributed by atoms with van der Waals surface area (Å²) >= 11 is 0. The fourth-order valence-corrected chi connectivity index (χ4v) is 1.53. The molecular weight excluding hydrogens is 176 g/mol. The number of hydrogen-bond donors (Lipinski definition) is 0. The second kappa shape index (κ2) is 3.82. The molecule has 74 valence electrons. The van der Waals surface area contributed by atoms with E-state index in [2.05, 4.69) is 0 Å². The third kappa shape index (κ3) is 1.79. The average Bonchev–Trinajstić information content (AvgIpc) is 2.12. The van der Waals surface area contributed by atoms with E-state index in [1.54, 1.807) is 6.92 Å². The Morgan fingerprint density at radius 3 is 2.64 bits per heavy atom. The number of Topliss-reactive ketones (excluding diaryl/α,β-unsaturated/α-hetero) is 1. The van der Waals surface area contributed by atoms with E-state index in [0.29, 0.717) is 11.7 Å². The van der Waals surface area contributed by atoms with Gasteiger partial charge in [-0.1, -0.05) is 12.1 Å². The van der Waals surface area contributed by atoms with Crippen molar-refractivity contribution < 1.29 is 9.53 Å². The molecule has 1 aliphatic rings. The molecule has 1 saturated carbocycles. The second-order valence-corrected chi connectivity index (χ2v) is 3.72. The van der Waals surface area contributed by atoms with Crippen molar-refractivity contribution in [2.75, 3.05) is 0 Å². The summed E-state index contributed by atoms with van der Waals surface area (Å²) in [7, 11) is 0. The largest absolute Gasteiger partial charge is 0.490 e. The molecule has 0 amide bonds. The van der Waals surface area contributed by atoms with Crippen LogP contribution in [0.5, 0.6) is 5.75 Å². The van der Waals surface area contributed by atoms with E-state index in [1.165, 1.54) is 6.42 Å². The Kier molecular flexibility index (Phi) is 2.53. The van der Waals surface area contributed by atoms with Gasteiger partial charge in [0, 0.05) is 0 Å². The molecule has 2 nitrogen and oxygen atoms in total. The maximum Gasteiger partial charge on any atom is 0.163 e. The molecule has 0 N–H and O–H groups in total. The first-order valence-electron chi connectivity index (χ1n) is 5.04. The number of ketones is 1. The molecule has 0 bridgehead atoms. The van der Waals surface area contributed by atoms with Crippen molar-refractivity contribution in [1.29, 1.82) is 0 Å². The minimum atomic E-state index is 0.0694. The Labute approximate surface area is 83.9 Å². The van der Waals surface area contributed by atoms with Gasteiger partial charge in [0.05, 0.1) is 11.7 Å². The molecule has 0 radical (unpaired) electrons. The first-order chi connectivity index (χ1) is 6.77. The van der Waals surface area contributed by atoms with Gasteiger partial charge in [-0.25, -0.2) is 0 Å². The lowest BCUT2D eigenvalue weighted by Crippen LogP contribution is -2.25. The Hall–Kier alpha value is -1.31. The van der Waals surface area contributed by atoms with E-state index >= 15 is 0 Å². The van der Waals surface area contributed by atoms with Crippen LogP contribution in [0.1, 0.15) is 36.5 Å². The van der Waals surface area contributed by atoms with Crippen LogP contribution in [0.15, 0.2) is 24.3 Å². The fourth-order valence-electron chi connectivity index (χ4n) is 1.53. The van der Waals surface area contributed by atoms with Crippen molar-refractivity contribution >= 4 is 5.78 Å². The van der Waals surface area contributed by atoms with Crippen LogP contribution in [0, 0.1) is 0 Å². The van der Waals surface area contributed by atoms with Gasteiger partial charge in [0.25, 0.3) is 0 Å². The first kappa shape index (κ1) is 9.25. The average molecular weight is 190 g/mol. The van der Waals surface area contributed by atoms with Crippen LogP contribution in [-0.2, 0) is 0 Å². The maximum atomic E-state index is 11.3. The highest BCUT2D eigenvalue weighted by Crippen LogP contribution is 2.27. The molecule has 1 aromatic rings. The van der Waals surface area contributed by atoms with Crippen LogP contribution in [0.4, 0.5) is 0 Å². The number of carbonyl (C=O) groups excluding carboxylic acids is 1. The Morgan fingerprint density at radius 1 is 1.36 bits per heavy atom. The molecule has 0 atom stereocenters. The van der Waals surface area contributed by atoms with Gasteiger partial charge in [-0.15, -0.1) is 0 Å². The van der Waals surface area contributed by atoms with Crippen LogP contribution in [-0.4, -0.2) is 11.9 Å². The SMILES string of the molecule is CC(=O)c1ccccc1OC1CCC1. The van der Waals surface area contributed by atoms with E-state index < -0.39 is 0 Å². The molecule has 1 aliphatic carbocycles. The summed E-state index contributed by atoms with van der Waals surface area (Å²) < 4.78 is 5.72. The summed E-state index contributed by atoms with van der Waals surface area (Å²) in [6, 6.07) is 7.45. The molecule has 14 heavy (non-hydrogen) atoms. The van der Waals surface area contributed by atoms with E-state index in [-0.39, 0.29) is 5.78 Å². The van der Waals surface area contributed by atoms with Crippen LogP contribution in [0.3, 0.4) is 0 Å². The molecule has 0 unspecified atom stereocenters. The number of hydrogen-bond acceptors (Lipinski definition) is 2. The van der Waals surface area contributed by atoms with E-state index in [9.17, 15) is 4.79 Å². The number of ether oxygens (including phenoxy) is 1. The monoisotopic (exact) mass is 190 g/mol. The highest BCUT2D eigenvalue weighted by atomic mass is 16.5. The van der Waals surface area contributed by atoms with Gasteiger partial charge in [0.15, 0.2) is 5.78 Å². The molecular formula is C12H14O2. The third-order valence-corrected chi connectivity index (χ3v) is 2.61. The van der Waals surface area contributed by atoms with Crippen LogP contribution >= 0.6 is 0 Å². The number of rotatable bonds is 3. The lowest BCUT2D eigenvalue weighted by molar-refractivity contribution is 0.0983. The van der Waals surface area contributed by atoms with Crippen LogP contribution < -0.4 is 4.74 Å². The summed E-state index contributed by atoms with van der Waals surface area (Å²) in [5, 5.41) is 0. The molecule has 0 spiro atoms. The van der Waals surface area contributed by atoms with E-state index in [0.717, 1.165) is 18.6 Å². The third-order valence-electron chi connectivity index (χ3n) is 2.61. The van der Waals surface area contributed by atoms with Crippen molar-refractivity contribution in [1.82, 2.24) is 0 Å². The summed E-state index contributed by atoms with van der Waals surface area (Å²) in [6.07, 6.45) is 3.81. The number of benzene rings is 1. The van der Waals surface area contributed by atoms with Gasteiger partial charge in [-0.3, -0.25) is 4.79 Å². The zero-order chi connectivity index (χ0) is 9.97. The van der Waals surface area contributed by atoms with Crippen LogP contribution in [0.25, 0.3) is 0 Å². The van der Waals surface area contributed by atoms with Crippen molar-refractivity contribution in [2.45, 2.75) is 32.3 Å². The quantitative estimate of drug-likeness (QED) is 0.685. The highest BCUT2D eigenvalue weighted by molar-refractivity contribution is 5.96. The number of para-hydroxylation sites is 1. The van der Waals surface area contributed by atoms with Crippen molar-refractivity contribution in [3.8, 4) is 5.75 Å². The van der Waals surface area contributed by atoms with Crippen molar-refractivity contribution in [2.24, 2.45) is 0 Å². The van der Waals surface area contributed by atoms with E-state index in [4.69, 9.17) is 4.74 Å². The van der Waals surface area contributed by atoms with Gasteiger partial charge >= 0.3 is 0 Å². The predicted octanol–water partition coefficient (Wildman–Crippen LogP) is 2.82. The lowest BCUT2D eigenvalue weighted by atomic mass is 9.96. The van der Waals surface area contributed by atoms with Gasteiger partial charge in [0.1, 0.15) is 5.75 Å². The number of carbonyl (C=O) groups is 1. The van der Waals surface area contributed by atoms with Crippen molar-refractivity contribution in [3.05, 3.63) is 29.8 Å². The molecule has 0 saturated heterocycles. The summed E-state index contributed by atoms with van der Waals surface area (Å²) in [5.74, 6) is 0.810. The molecule has 0 aliphatic heterocycles. The highest BCUT2D eigenvalue weighted by Gasteiger charge is 2.20. The topological polar surface area (TPSA) is 26.3 Å². The predicted molar refractivity (Wildman–Crippen MR) is 54.7 cm³/mol. The van der Waals surface area contributed by atoms with Crippen LogP contribution in [0.2, 0.25) is 0 Å². The smallest absolute Gasteiger partial charge is 0.163 e. The Balaban J connectivity index is 2.17. The summed E-state index contributed by atoms with van der Waals surface area (Å²) in [4.78, 5) is 11.3. The van der Waals surface area contributed by atoms with Gasteiger partial charge in [-0.05, 0) is 38.3 Å².